The van der Waals surface area contributed by atoms with Crippen LogP contribution in [0.5, 0.6) is 0 Å². The smallest absolute Gasteiger partial charge is 0.390 e. The van der Waals surface area contributed by atoms with Crippen LogP contribution in [0, 0.1) is 0 Å². The van der Waals surface area contributed by atoms with Crippen LogP contribution in [0.15, 0.2) is 0 Å². The van der Waals surface area contributed by atoms with Crippen LogP contribution >= 0.6 is 0 Å². The SMILES string of the molecule is NCC(O)CN.NCCNCCN.[Co+3]. The summed E-state index contributed by atoms with van der Waals surface area (Å²) in [4.78, 5) is 0. The van der Waals surface area contributed by atoms with Gasteiger partial charge in [0.1, 0.15) is 0 Å². The van der Waals surface area contributed by atoms with Gasteiger partial charge >= 0.3 is 16.8 Å². The molecule has 0 fully saturated rings. The predicted molar refractivity (Wildman–Crippen MR) is 55.1 cm³/mol. The average molecular weight is 252 g/mol. The minimum atomic E-state index is -0.509. The fraction of sp³-hybridized carbons (Fsp3) is 1.00. The molecule has 0 aliphatic carbocycles. The predicted octanol–water partition coefficient (Wildman–Crippen LogP) is -3.24. The van der Waals surface area contributed by atoms with Crippen molar-refractivity contribution in [1.82, 2.24) is 5.32 Å². The Hall–Kier alpha value is 0.266. The second-order valence-electron chi connectivity index (χ2n) is 2.45. The summed E-state index contributed by atoms with van der Waals surface area (Å²) < 4.78 is 0. The molecule has 0 saturated carbocycles. The Balaban J connectivity index is -0.000000163. The number of hydrogen-bond donors (Lipinski definition) is 6. The molecule has 0 aromatic rings. The van der Waals surface area contributed by atoms with E-state index in [9.17, 15) is 0 Å². The van der Waals surface area contributed by atoms with Crippen LogP contribution in [0.3, 0.4) is 0 Å². The summed E-state index contributed by atoms with van der Waals surface area (Å²) in [6, 6.07) is 0. The molecule has 0 unspecified atom stereocenters. The molecule has 0 heterocycles. The summed E-state index contributed by atoms with van der Waals surface area (Å²) in [5.41, 5.74) is 20.2. The standard InChI is InChI=1S/C4H13N3.C3H10N2O.Co/c5-1-3-7-4-2-6;4-1-3(6)2-5;/h7H,1-6H2;3,6H,1-2,4-5H2;/q;;+3. The minimum Gasteiger partial charge on any atom is -0.390 e. The first kappa shape index (κ1) is 19.8. The normalized spacial score (nSPS) is 9.00. The number of nitrogens with two attached hydrogens (primary N) is 4. The van der Waals surface area contributed by atoms with Crippen LogP contribution in [-0.4, -0.2) is 50.5 Å². The van der Waals surface area contributed by atoms with Gasteiger partial charge in [0.05, 0.1) is 6.10 Å². The second-order valence-corrected chi connectivity index (χ2v) is 2.45. The van der Waals surface area contributed by atoms with Gasteiger partial charge in [0, 0.05) is 39.3 Å². The van der Waals surface area contributed by atoms with Crippen molar-refractivity contribution in [2.75, 3.05) is 39.3 Å². The first-order valence-electron chi connectivity index (χ1n) is 4.41. The van der Waals surface area contributed by atoms with Crippen LogP contribution in [0.1, 0.15) is 0 Å². The van der Waals surface area contributed by atoms with E-state index >= 15 is 0 Å². The van der Waals surface area contributed by atoms with E-state index in [1.54, 1.807) is 0 Å². The van der Waals surface area contributed by atoms with Crippen LogP contribution in [0.2, 0.25) is 0 Å². The molecule has 0 spiro atoms. The fourth-order valence-corrected chi connectivity index (χ4v) is 0.425. The van der Waals surface area contributed by atoms with Gasteiger partial charge < -0.3 is 33.4 Å². The van der Waals surface area contributed by atoms with Crippen molar-refractivity contribution in [3.63, 3.8) is 0 Å². The van der Waals surface area contributed by atoms with Gasteiger partial charge in [0.25, 0.3) is 0 Å². The Kier molecular flexibility index (Phi) is 26.8. The molecule has 0 aromatic heterocycles. The van der Waals surface area contributed by atoms with Crippen LogP contribution in [0.4, 0.5) is 0 Å². The molecular weight excluding hydrogens is 229 g/mol. The summed E-state index contributed by atoms with van der Waals surface area (Å²) in [6.07, 6.45) is -0.509. The van der Waals surface area contributed by atoms with E-state index in [0.29, 0.717) is 13.1 Å². The first-order chi connectivity index (χ1) is 6.22. The second kappa shape index (κ2) is 18.9. The zero-order chi connectivity index (χ0) is 10.5. The van der Waals surface area contributed by atoms with Crippen molar-refractivity contribution < 1.29 is 21.9 Å². The zero-order valence-electron chi connectivity index (χ0n) is 8.41. The molecule has 7 heteroatoms. The quantitative estimate of drug-likeness (QED) is 0.275. The first-order valence-corrected chi connectivity index (χ1v) is 4.41. The molecule has 0 rings (SSSR count). The Morgan fingerprint density at radius 3 is 1.43 bits per heavy atom. The van der Waals surface area contributed by atoms with Crippen molar-refractivity contribution >= 4 is 0 Å². The molecule has 0 radical (unpaired) electrons. The van der Waals surface area contributed by atoms with E-state index in [1.165, 1.54) is 0 Å². The Morgan fingerprint density at radius 2 is 1.29 bits per heavy atom. The molecular formula is C7H23CoN5O+3. The molecule has 0 aromatic carbocycles. The maximum Gasteiger partial charge on any atom is 3.00 e. The van der Waals surface area contributed by atoms with Gasteiger partial charge in [-0.15, -0.1) is 0 Å². The number of aliphatic hydroxyl groups is 1. The van der Waals surface area contributed by atoms with Crippen LogP contribution < -0.4 is 28.3 Å². The van der Waals surface area contributed by atoms with Crippen LogP contribution in [0.25, 0.3) is 0 Å². The van der Waals surface area contributed by atoms with Gasteiger partial charge in [-0.05, 0) is 0 Å². The van der Waals surface area contributed by atoms with Gasteiger partial charge in [-0.1, -0.05) is 0 Å². The van der Waals surface area contributed by atoms with Crippen molar-refractivity contribution in [2.24, 2.45) is 22.9 Å². The van der Waals surface area contributed by atoms with Crippen molar-refractivity contribution in [3.05, 3.63) is 0 Å². The third-order valence-electron chi connectivity index (χ3n) is 1.19. The average Bonchev–Trinajstić information content (AvgIpc) is 2.18. The third kappa shape index (κ3) is 22.8. The van der Waals surface area contributed by atoms with E-state index in [4.69, 9.17) is 28.0 Å². The Labute approximate surface area is 96.0 Å². The summed E-state index contributed by atoms with van der Waals surface area (Å²) in [6.45, 7) is 3.65. The number of aliphatic hydroxyl groups excluding tert-OH is 1. The Morgan fingerprint density at radius 1 is 0.929 bits per heavy atom. The van der Waals surface area contributed by atoms with Gasteiger partial charge in [0.15, 0.2) is 0 Å². The van der Waals surface area contributed by atoms with E-state index in [-0.39, 0.29) is 29.9 Å². The van der Waals surface area contributed by atoms with Gasteiger partial charge in [-0.25, -0.2) is 0 Å². The molecule has 0 atom stereocenters. The summed E-state index contributed by atoms with van der Waals surface area (Å²) in [5, 5.41) is 11.5. The molecule has 10 N–H and O–H groups in total. The summed E-state index contributed by atoms with van der Waals surface area (Å²) in [5.74, 6) is 0. The van der Waals surface area contributed by atoms with Crippen molar-refractivity contribution in [3.8, 4) is 0 Å². The van der Waals surface area contributed by atoms with Gasteiger partial charge in [0.2, 0.25) is 0 Å². The maximum absolute atomic E-state index is 8.42. The monoisotopic (exact) mass is 252 g/mol. The van der Waals surface area contributed by atoms with Gasteiger partial charge in [-0.3, -0.25) is 0 Å². The topological polar surface area (TPSA) is 136 Å². The van der Waals surface area contributed by atoms with Gasteiger partial charge in [-0.2, -0.15) is 0 Å². The number of hydrogen-bond acceptors (Lipinski definition) is 6. The molecule has 6 nitrogen and oxygen atoms in total. The van der Waals surface area contributed by atoms with E-state index in [0.717, 1.165) is 13.1 Å². The number of rotatable bonds is 6. The van der Waals surface area contributed by atoms with Crippen LogP contribution in [-0.2, 0) is 16.8 Å². The summed E-state index contributed by atoms with van der Waals surface area (Å²) >= 11 is 0. The van der Waals surface area contributed by atoms with Crippen molar-refractivity contribution in [2.45, 2.75) is 6.10 Å². The molecule has 88 valence electrons. The van der Waals surface area contributed by atoms with E-state index in [2.05, 4.69) is 5.32 Å². The molecule has 0 aliphatic rings. The molecule has 0 amide bonds. The third-order valence-corrected chi connectivity index (χ3v) is 1.19. The van der Waals surface area contributed by atoms with E-state index < -0.39 is 6.10 Å². The largest absolute Gasteiger partial charge is 3.00 e. The maximum atomic E-state index is 8.42. The minimum absolute atomic E-state index is 0. The molecule has 0 bridgehead atoms. The van der Waals surface area contributed by atoms with Crippen molar-refractivity contribution in [1.29, 1.82) is 0 Å². The fourth-order valence-electron chi connectivity index (χ4n) is 0.425. The molecule has 0 saturated heterocycles. The zero-order valence-corrected chi connectivity index (χ0v) is 9.45. The number of nitrogens with one attached hydrogen (secondary N) is 1. The summed E-state index contributed by atoms with van der Waals surface area (Å²) in [7, 11) is 0. The molecule has 0 aliphatic heterocycles. The van der Waals surface area contributed by atoms with E-state index in [1.807, 2.05) is 0 Å². The molecule has 14 heavy (non-hydrogen) atoms. The Bertz CT molecular complexity index is 80.5.